The number of fused-ring (bicyclic) bond motifs is 3. The second-order valence-corrected chi connectivity index (χ2v) is 5.58. The summed E-state index contributed by atoms with van der Waals surface area (Å²) in [6.07, 6.45) is 4.34. The van der Waals surface area contributed by atoms with Crippen LogP contribution in [0.25, 0.3) is 0 Å². The highest BCUT2D eigenvalue weighted by Crippen LogP contribution is 2.50. The maximum absolute atomic E-state index is 12.5. The van der Waals surface area contributed by atoms with E-state index < -0.39 is 5.41 Å². The SMILES string of the molecule is COC(=O)C12CCCCC1CC(=O)c1ccccc12. The van der Waals surface area contributed by atoms with Gasteiger partial charge >= 0.3 is 5.97 Å². The fourth-order valence-electron chi connectivity index (χ4n) is 3.89. The number of Topliss-reactive ketones (excluding diaryl/α,β-unsaturated/α-hetero) is 1. The van der Waals surface area contributed by atoms with Gasteiger partial charge in [-0.3, -0.25) is 9.59 Å². The van der Waals surface area contributed by atoms with Crippen LogP contribution in [0.5, 0.6) is 0 Å². The lowest BCUT2D eigenvalue weighted by molar-refractivity contribution is -0.152. The Balaban J connectivity index is 2.22. The smallest absolute Gasteiger partial charge is 0.316 e. The van der Waals surface area contributed by atoms with E-state index in [1.807, 2.05) is 24.3 Å². The molecule has 2 atom stereocenters. The number of hydrogen-bond donors (Lipinski definition) is 0. The van der Waals surface area contributed by atoms with Crippen LogP contribution < -0.4 is 0 Å². The fourth-order valence-corrected chi connectivity index (χ4v) is 3.89. The number of ether oxygens (including phenoxy) is 1. The van der Waals surface area contributed by atoms with Crippen molar-refractivity contribution in [3.8, 4) is 0 Å². The van der Waals surface area contributed by atoms with E-state index in [2.05, 4.69) is 0 Å². The number of methoxy groups -OCH3 is 1. The highest BCUT2D eigenvalue weighted by Gasteiger charge is 2.53. The Morgan fingerprint density at radius 3 is 2.89 bits per heavy atom. The highest BCUT2D eigenvalue weighted by molar-refractivity contribution is 6.03. The van der Waals surface area contributed by atoms with E-state index in [1.54, 1.807) is 0 Å². The molecule has 3 heteroatoms. The van der Waals surface area contributed by atoms with E-state index in [4.69, 9.17) is 4.74 Å². The van der Waals surface area contributed by atoms with Crippen molar-refractivity contribution in [2.45, 2.75) is 37.5 Å². The predicted octanol–water partition coefficient (Wildman–Crippen LogP) is 2.87. The molecular weight excluding hydrogens is 240 g/mol. The maximum atomic E-state index is 12.5. The van der Waals surface area contributed by atoms with Crippen LogP contribution in [0.1, 0.15) is 48.0 Å². The van der Waals surface area contributed by atoms with Gasteiger partial charge in [-0.1, -0.05) is 37.1 Å². The Morgan fingerprint density at radius 1 is 1.32 bits per heavy atom. The van der Waals surface area contributed by atoms with Crippen LogP contribution in [0.4, 0.5) is 0 Å². The van der Waals surface area contributed by atoms with Gasteiger partial charge in [0.25, 0.3) is 0 Å². The van der Waals surface area contributed by atoms with Crippen molar-refractivity contribution in [3.05, 3.63) is 35.4 Å². The lowest BCUT2D eigenvalue weighted by Crippen LogP contribution is -2.50. The Hall–Kier alpha value is -1.64. The molecular formula is C16H18O3. The first-order valence-corrected chi connectivity index (χ1v) is 6.91. The standard InChI is InChI=1S/C16H18O3/c1-19-15(18)16-9-5-4-6-11(16)10-14(17)12-7-2-3-8-13(12)16/h2-3,7-8,11H,4-6,9-10H2,1H3. The Morgan fingerprint density at radius 2 is 2.11 bits per heavy atom. The Kier molecular flexibility index (Phi) is 2.92. The molecule has 2 aliphatic carbocycles. The summed E-state index contributed by atoms with van der Waals surface area (Å²) in [6, 6.07) is 7.55. The predicted molar refractivity (Wildman–Crippen MR) is 71.0 cm³/mol. The normalized spacial score (nSPS) is 29.3. The van der Waals surface area contributed by atoms with Crippen molar-refractivity contribution in [2.24, 2.45) is 5.92 Å². The minimum atomic E-state index is -0.586. The molecule has 0 N–H and O–H groups in total. The summed E-state index contributed by atoms with van der Waals surface area (Å²) < 4.78 is 5.09. The van der Waals surface area contributed by atoms with Gasteiger partial charge in [-0.2, -0.15) is 0 Å². The van der Waals surface area contributed by atoms with Crippen molar-refractivity contribution < 1.29 is 14.3 Å². The number of rotatable bonds is 1. The molecule has 0 spiro atoms. The van der Waals surface area contributed by atoms with Gasteiger partial charge in [0.1, 0.15) is 0 Å². The van der Waals surface area contributed by atoms with Gasteiger partial charge in [-0.15, -0.1) is 0 Å². The summed E-state index contributed by atoms with van der Waals surface area (Å²) in [4.78, 5) is 24.7. The summed E-state index contributed by atoms with van der Waals surface area (Å²) in [5, 5.41) is 0. The van der Waals surface area contributed by atoms with Crippen molar-refractivity contribution in [2.75, 3.05) is 7.11 Å². The molecule has 3 nitrogen and oxygen atoms in total. The molecule has 0 aliphatic heterocycles. The van der Waals surface area contributed by atoms with Gasteiger partial charge in [-0.25, -0.2) is 0 Å². The van der Waals surface area contributed by atoms with Gasteiger partial charge in [-0.05, 0) is 24.3 Å². The minimum Gasteiger partial charge on any atom is -0.468 e. The van der Waals surface area contributed by atoms with E-state index in [9.17, 15) is 9.59 Å². The molecule has 2 unspecified atom stereocenters. The number of carbonyl (C=O) groups is 2. The van der Waals surface area contributed by atoms with Crippen molar-refractivity contribution >= 4 is 11.8 Å². The van der Waals surface area contributed by atoms with Gasteiger partial charge in [0, 0.05) is 12.0 Å². The highest BCUT2D eigenvalue weighted by atomic mass is 16.5. The quantitative estimate of drug-likeness (QED) is 0.727. The molecule has 2 aliphatic rings. The first-order valence-electron chi connectivity index (χ1n) is 6.91. The monoisotopic (exact) mass is 258 g/mol. The fraction of sp³-hybridized carbons (Fsp3) is 0.500. The van der Waals surface area contributed by atoms with Crippen LogP contribution in [-0.2, 0) is 14.9 Å². The van der Waals surface area contributed by atoms with Gasteiger partial charge in [0.2, 0.25) is 0 Å². The topological polar surface area (TPSA) is 43.4 Å². The minimum absolute atomic E-state index is 0.107. The van der Waals surface area contributed by atoms with Crippen molar-refractivity contribution in [3.63, 3.8) is 0 Å². The van der Waals surface area contributed by atoms with Crippen LogP contribution in [0.3, 0.4) is 0 Å². The molecule has 0 bridgehead atoms. The van der Waals surface area contributed by atoms with Crippen molar-refractivity contribution in [1.29, 1.82) is 0 Å². The molecule has 1 fully saturated rings. The van der Waals surface area contributed by atoms with Crippen molar-refractivity contribution in [1.82, 2.24) is 0 Å². The van der Waals surface area contributed by atoms with E-state index >= 15 is 0 Å². The second-order valence-electron chi connectivity index (χ2n) is 5.58. The summed E-state index contributed by atoms with van der Waals surface area (Å²) >= 11 is 0. The number of esters is 1. The molecule has 1 aromatic carbocycles. The zero-order chi connectivity index (χ0) is 13.5. The zero-order valence-electron chi connectivity index (χ0n) is 11.1. The zero-order valence-corrected chi connectivity index (χ0v) is 11.1. The average Bonchev–Trinajstić information content (AvgIpc) is 2.47. The largest absolute Gasteiger partial charge is 0.468 e. The summed E-state index contributed by atoms with van der Waals surface area (Å²) in [6.45, 7) is 0. The summed E-state index contributed by atoms with van der Waals surface area (Å²) in [7, 11) is 1.45. The molecule has 0 aromatic heterocycles. The van der Waals surface area contributed by atoms with E-state index in [1.165, 1.54) is 7.11 Å². The van der Waals surface area contributed by atoms with E-state index in [-0.39, 0.29) is 17.7 Å². The number of benzene rings is 1. The van der Waals surface area contributed by atoms with E-state index in [0.717, 1.165) is 31.2 Å². The number of hydrogen-bond acceptors (Lipinski definition) is 3. The number of carbonyl (C=O) groups excluding carboxylic acids is 2. The van der Waals surface area contributed by atoms with Crippen LogP contribution >= 0.6 is 0 Å². The lowest BCUT2D eigenvalue weighted by atomic mass is 9.57. The second kappa shape index (κ2) is 4.48. The molecule has 0 amide bonds. The van der Waals surface area contributed by atoms with Crippen LogP contribution in [-0.4, -0.2) is 18.9 Å². The maximum Gasteiger partial charge on any atom is 0.316 e. The third kappa shape index (κ3) is 1.64. The van der Waals surface area contributed by atoms with Gasteiger partial charge in [0.15, 0.2) is 5.78 Å². The summed E-state index contributed by atoms with van der Waals surface area (Å²) in [5.41, 5.74) is 1.02. The Bertz CT molecular complexity index is 535. The molecule has 19 heavy (non-hydrogen) atoms. The molecule has 100 valence electrons. The third-order valence-corrected chi connectivity index (χ3v) is 4.76. The third-order valence-electron chi connectivity index (χ3n) is 4.76. The molecule has 1 aromatic rings. The Labute approximate surface area is 113 Å². The van der Waals surface area contributed by atoms with Crippen LogP contribution in [0, 0.1) is 5.92 Å². The lowest BCUT2D eigenvalue weighted by Gasteiger charge is -2.45. The first kappa shape index (κ1) is 12.4. The molecule has 0 saturated heterocycles. The molecule has 0 heterocycles. The average molecular weight is 258 g/mol. The van der Waals surface area contributed by atoms with Gasteiger partial charge in [0.05, 0.1) is 12.5 Å². The summed E-state index contributed by atoms with van der Waals surface area (Å²) in [5.74, 6) is 0.107. The van der Waals surface area contributed by atoms with Crippen LogP contribution in [0.2, 0.25) is 0 Å². The van der Waals surface area contributed by atoms with Crippen LogP contribution in [0.15, 0.2) is 24.3 Å². The molecule has 1 saturated carbocycles. The van der Waals surface area contributed by atoms with Gasteiger partial charge < -0.3 is 4.74 Å². The first-order chi connectivity index (χ1) is 9.20. The van der Waals surface area contributed by atoms with E-state index in [0.29, 0.717) is 12.0 Å². The number of ketones is 1. The molecule has 3 rings (SSSR count). The molecule has 0 radical (unpaired) electrons.